The molecule has 2 unspecified atom stereocenters. The van der Waals surface area contributed by atoms with Gasteiger partial charge in [-0.15, -0.1) is 0 Å². The van der Waals surface area contributed by atoms with Crippen molar-refractivity contribution in [1.82, 2.24) is 0 Å². The first-order valence-electron chi connectivity index (χ1n) is 6.96. The Hall–Kier alpha value is -1.71. The van der Waals surface area contributed by atoms with Crippen LogP contribution in [0.4, 0.5) is 11.4 Å². The molecule has 0 aliphatic heterocycles. The maximum Gasteiger partial charge on any atom is 0.337 e. The van der Waals surface area contributed by atoms with Crippen LogP contribution in [0, 0.1) is 5.92 Å². The molecule has 19 heavy (non-hydrogen) atoms. The van der Waals surface area contributed by atoms with Gasteiger partial charge in [-0.3, -0.25) is 0 Å². The second kappa shape index (κ2) is 5.95. The normalized spacial score (nSPS) is 23.6. The second-order valence-corrected chi connectivity index (χ2v) is 5.53. The van der Waals surface area contributed by atoms with Crippen LogP contribution in [-0.2, 0) is 0 Å². The van der Waals surface area contributed by atoms with Crippen molar-refractivity contribution in [2.45, 2.75) is 45.1 Å². The van der Waals surface area contributed by atoms with E-state index in [1.165, 1.54) is 25.3 Å². The monoisotopic (exact) mass is 262 g/mol. The molecular weight excluding hydrogens is 240 g/mol. The van der Waals surface area contributed by atoms with Gasteiger partial charge in [0.05, 0.1) is 16.9 Å². The Morgan fingerprint density at radius 3 is 2.84 bits per heavy atom. The fraction of sp³-hybridized carbons (Fsp3) is 0.533. The van der Waals surface area contributed by atoms with E-state index >= 15 is 0 Å². The minimum Gasteiger partial charge on any atom is -0.478 e. The van der Waals surface area contributed by atoms with Crippen molar-refractivity contribution in [2.75, 3.05) is 11.1 Å². The highest BCUT2D eigenvalue weighted by Gasteiger charge is 2.18. The number of carboxylic acids is 1. The summed E-state index contributed by atoms with van der Waals surface area (Å²) in [5.74, 6) is -0.190. The molecule has 1 aromatic rings. The summed E-state index contributed by atoms with van der Waals surface area (Å²) < 4.78 is 0. The van der Waals surface area contributed by atoms with Crippen LogP contribution in [0.3, 0.4) is 0 Å². The molecule has 0 radical (unpaired) electrons. The summed E-state index contributed by atoms with van der Waals surface area (Å²) in [6.45, 7) is 2.29. The molecule has 4 nitrogen and oxygen atoms in total. The zero-order chi connectivity index (χ0) is 13.8. The van der Waals surface area contributed by atoms with Gasteiger partial charge in [0, 0.05) is 6.04 Å². The molecule has 0 spiro atoms. The summed E-state index contributed by atoms with van der Waals surface area (Å²) in [6.07, 6.45) is 5.97. The van der Waals surface area contributed by atoms with Gasteiger partial charge in [-0.05, 0) is 37.3 Å². The molecule has 0 heterocycles. The third kappa shape index (κ3) is 3.40. The maximum absolute atomic E-state index is 11.1. The van der Waals surface area contributed by atoms with E-state index in [0.717, 1.165) is 24.4 Å². The Morgan fingerprint density at radius 1 is 1.32 bits per heavy atom. The number of benzene rings is 1. The van der Waals surface area contributed by atoms with Crippen molar-refractivity contribution < 1.29 is 9.90 Å². The number of hydrogen-bond donors (Lipinski definition) is 3. The first kappa shape index (κ1) is 13.7. The van der Waals surface area contributed by atoms with Gasteiger partial charge < -0.3 is 16.2 Å². The van der Waals surface area contributed by atoms with Gasteiger partial charge in [-0.2, -0.15) is 0 Å². The van der Waals surface area contributed by atoms with Gasteiger partial charge >= 0.3 is 5.97 Å². The SMILES string of the molecule is CC1CCCC(Nc2cccc(C(=O)O)c2N)CC1. The first-order chi connectivity index (χ1) is 9.08. The van der Waals surface area contributed by atoms with E-state index in [2.05, 4.69) is 12.2 Å². The molecule has 4 heteroatoms. The molecule has 4 N–H and O–H groups in total. The molecule has 1 saturated carbocycles. The number of anilines is 2. The Morgan fingerprint density at radius 2 is 2.11 bits per heavy atom. The fourth-order valence-electron chi connectivity index (χ4n) is 2.73. The van der Waals surface area contributed by atoms with E-state index in [0.29, 0.717) is 11.7 Å². The van der Waals surface area contributed by atoms with Crippen LogP contribution in [0.1, 0.15) is 49.4 Å². The van der Waals surface area contributed by atoms with Crippen LogP contribution in [0.5, 0.6) is 0 Å². The second-order valence-electron chi connectivity index (χ2n) is 5.53. The number of para-hydroxylation sites is 1. The number of nitrogens with one attached hydrogen (secondary N) is 1. The van der Waals surface area contributed by atoms with Crippen LogP contribution in [0.25, 0.3) is 0 Å². The predicted molar refractivity (Wildman–Crippen MR) is 77.5 cm³/mol. The molecule has 104 valence electrons. The van der Waals surface area contributed by atoms with Gasteiger partial charge in [0.1, 0.15) is 0 Å². The lowest BCUT2D eigenvalue weighted by atomic mass is 10.0. The van der Waals surface area contributed by atoms with E-state index < -0.39 is 5.97 Å². The lowest BCUT2D eigenvalue weighted by Crippen LogP contribution is -2.20. The third-order valence-corrected chi connectivity index (χ3v) is 3.95. The van der Waals surface area contributed by atoms with Gasteiger partial charge in [0.25, 0.3) is 0 Å². The number of carboxylic acid groups (broad SMARTS) is 1. The lowest BCUT2D eigenvalue weighted by Gasteiger charge is -2.19. The Balaban J connectivity index is 2.10. The summed E-state index contributed by atoms with van der Waals surface area (Å²) >= 11 is 0. The molecule has 2 atom stereocenters. The molecule has 0 saturated heterocycles. The van der Waals surface area contributed by atoms with Gasteiger partial charge in [-0.25, -0.2) is 4.79 Å². The van der Waals surface area contributed by atoms with Crippen molar-refractivity contribution in [3.05, 3.63) is 23.8 Å². The zero-order valence-electron chi connectivity index (χ0n) is 11.4. The summed E-state index contributed by atoms with van der Waals surface area (Å²) in [4.78, 5) is 11.1. The van der Waals surface area contributed by atoms with E-state index in [1.54, 1.807) is 6.07 Å². The number of nitrogen functional groups attached to an aromatic ring is 1. The average Bonchev–Trinajstić information content (AvgIpc) is 2.57. The van der Waals surface area contributed by atoms with Crippen LogP contribution < -0.4 is 11.1 Å². The lowest BCUT2D eigenvalue weighted by molar-refractivity contribution is 0.0698. The molecule has 0 aromatic heterocycles. The predicted octanol–water partition coefficient (Wildman–Crippen LogP) is 3.35. The van der Waals surface area contributed by atoms with Crippen LogP contribution in [-0.4, -0.2) is 17.1 Å². The number of nitrogens with two attached hydrogens (primary N) is 1. The highest BCUT2D eigenvalue weighted by atomic mass is 16.4. The van der Waals surface area contributed by atoms with Crippen molar-refractivity contribution in [2.24, 2.45) is 5.92 Å². The quantitative estimate of drug-likeness (QED) is 0.577. The standard InChI is InChI=1S/C15H22N2O2/c1-10-4-2-5-11(9-8-10)17-13-7-3-6-12(14(13)16)15(18)19/h3,6-7,10-11,17H,2,4-5,8-9,16H2,1H3,(H,18,19). The Bertz CT molecular complexity index is 459. The maximum atomic E-state index is 11.1. The van der Waals surface area contributed by atoms with Crippen molar-refractivity contribution in [3.8, 4) is 0 Å². The Labute approximate surface area is 114 Å². The van der Waals surface area contributed by atoms with Gasteiger partial charge in [0.15, 0.2) is 0 Å². The summed E-state index contributed by atoms with van der Waals surface area (Å²) in [7, 11) is 0. The minimum absolute atomic E-state index is 0.173. The topological polar surface area (TPSA) is 75.3 Å². The number of aromatic carboxylic acids is 1. The van der Waals surface area contributed by atoms with Crippen molar-refractivity contribution in [1.29, 1.82) is 0 Å². The van der Waals surface area contributed by atoms with Crippen molar-refractivity contribution >= 4 is 17.3 Å². The van der Waals surface area contributed by atoms with Crippen molar-refractivity contribution in [3.63, 3.8) is 0 Å². The third-order valence-electron chi connectivity index (χ3n) is 3.95. The molecule has 0 amide bonds. The highest BCUT2D eigenvalue weighted by molar-refractivity contribution is 5.97. The first-order valence-corrected chi connectivity index (χ1v) is 6.96. The zero-order valence-corrected chi connectivity index (χ0v) is 11.4. The smallest absolute Gasteiger partial charge is 0.337 e. The van der Waals surface area contributed by atoms with Crippen LogP contribution >= 0.6 is 0 Å². The van der Waals surface area contributed by atoms with Gasteiger partial charge in [-0.1, -0.05) is 25.8 Å². The largest absolute Gasteiger partial charge is 0.478 e. The van der Waals surface area contributed by atoms with Crippen LogP contribution in [0.2, 0.25) is 0 Å². The fourth-order valence-corrected chi connectivity index (χ4v) is 2.73. The summed E-state index contributed by atoms with van der Waals surface area (Å²) in [5, 5.41) is 12.5. The molecule has 1 fully saturated rings. The molecule has 1 aliphatic carbocycles. The Kier molecular flexibility index (Phi) is 4.30. The number of rotatable bonds is 3. The minimum atomic E-state index is -0.976. The molecular formula is C15H22N2O2. The van der Waals surface area contributed by atoms with Crippen LogP contribution in [0.15, 0.2) is 18.2 Å². The number of carbonyl (C=O) groups is 1. The highest BCUT2D eigenvalue weighted by Crippen LogP contribution is 2.28. The van der Waals surface area contributed by atoms with E-state index in [9.17, 15) is 4.79 Å². The summed E-state index contributed by atoms with van der Waals surface area (Å²) in [5.41, 5.74) is 7.19. The van der Waals surface area contributed by atoms with E-state index in [1.807, 2.05) is 6.07 Å². The van der Waals surface area contributed by atoms with E-state index in [-0.39, 0.29) is 5.56 Å². The molecule has 2 rings (SSSR count). The average molecular weight is 262 g/mol. The molecule has 1 aromatic carbocycles. The van der Waals surface area contributed by atoms with Gasteiger partial charge in [0.2, 0.25) is 0 Å². The molecule has 0 bridgehead atoms. The number of hydrogen-bond acceptors (Lipinski definition) is 3. The van der Waals surface area contributed by atoms with E-state index in [4.69, 9.17) is 10.8 Å². The molecule has 1 aliphatic rings. The summed E-state index contributed by atoms with van der Waals surface area (Å²) in [6, 6.07) is 5.53.